The standard InChI is InChI=1S/C16H21NOS/c1-5-12-7-10(3)8-13(6-2)15(12)16-17-11(4)14(9-18)19-16/h7-8,18H,5-6,9H2,1-4H3. The lowest BCUT2D eigenvalue weighted by atomic mass is 9.95. The van der Waals surface area contributed by atoms with Crippen LogP contribution in [0.2, 0.25) is 0 Å². The Morgan fingerprint density at radius 2 is 1.68 bits per heavy atom. The quantitative estimate of drug-likeness (QED) is 0.913. The lowest BCUT2D eigenvalue weighted by Gasteiger charge is -2.12. The van der Waals surface area contributed by atoms with Crippen LogP contribution in [-0.4, -0.2) is 10.1 Å². The second-order valence-electron chi connectivity index (χ2n) is 4.85. The Morgan fingerprint density at radius 3 is 2.11 bits per heavy atom. The molecule has 0 bridgehead atoms. The topological polar surface area (TPSA) is 33.1 Å². The van der Waals surface area contributed by atoms with Crippen LogP contribution >= 0.6 is 11.3 Å². The number of hydrogen-bond acceptors (Lipinski definition) is 3. The molecule has 1 N–H and O–H groups in total. The molecule has 102 valence electrons. The molecule has 0 atom stereocenters. The maximum absolute atomic E-state index is 9.35. The molecule has 0 fully saturated rings. The summed E-state index contributed by atoms with van der Waals surface area (Å²) in [5.74, 6) is 0. The molecular formula is C16H21NOS. The van der Waals surface area contributed by atoms with E-state index >= 15 is 0 Å². The smallest absolute Gasteiger partial charge is 0.124 e. The van der Waals surface area contributed by atoms with E-state index in [0.29, 0.717) is 0 Å². The number of hydrogen-bond donors (Lipinski definition) is 1. The number of thiazole rings is 1. The maximum atomic E-state index is 9.35. The first-order valence-corrected chi connectivity index (χ1v) is 7.62. The predicted octanol–water partition coefficient (Wildman–Crippen LogP) is 4.04. The van der Waals surface area contributed by atoms with Crippen LogP contribution in [0.3, 0.4) is 0 Å². The Labute approximate surface area is 119 Å². The van der Waals surface area contributed by atoms with Gasteiger partial charge in [0.2, 0.25) is 0 Å². The first-order chi connectivity index (χ1) is 9.10. The van der Waals surface area contributed by atoms with E-state index in [2.05, 4.69) is 37.9 Å². The number of nitrogens with zero attached hydrogens (tertiary/aromatic N) is 1. The fourth-order valence-corrected chi connectivity index (χ4v) is 3.49. The van der Waals surface area contributed by atoms with Gasteiger partial charge in [0.25, 0.3) is 0 Å². The summed E-state index contributed by atoms with van der Waals surface area (Å²) in [5.41, 5.74) is 6.26. The second kappa shape index (κ2) is 5.85. The predicted molar refractivity (Wildman–Crippen MR) is 81.7 cm³/mol. The summed E-state index contributed by atoms with van der Waals surface area (Å²) in [4.78, 5) is 5.63. The zero-order chi connectivity index (χ0) is 14.0. The lowest BCUT2D eigenvalue weighted by molar-refractivity contribution is 0.284. The average molecular weight is 275 g/mol. The molecule has 2 nitrogen and oxygen atoms in total. The van der Waals surface area contributed by atoms with Crippen molar-refractivity contribution in [3.8, 4) is 10.6 Å². The zero-order valence-corrected chi connectivity index (χ0v) is 12.9. The average Bonchev–Trinajstić information content (AvgIpc) is 2.78. The Bertz CT molecular complexity index is 561. The molecule has 1 aromatic carbocycles. The third-order valence-corrected chi connectivity index (χ3v) is 4.62. The summed E-state index contributed by atoms with van der Waals surface area (Å²) in [6.07, 6.45) is 2.02. The molecule has 1 heterocycles. The first-order valence-electron chi connectivity index (χ1n) is 6.80. The van der Waals surface area contributed by atoms with Crippen molar-refractivity contribution in [2.45, 2.75) is 47.1 Å². The van der Waals surface area contributed by atoms with Gasteiger partial charge in [-0.15, -0.1) is 11.3 Å². The Balaban J connectivity index is 2.65. The summed E-state index contributed by atoms with van der Waals surface area (Å²) in [5, 5.41) is 10.4. The zero-order valence-electron chi connectivity index (χ0n) is 12.1. The number of aryl methyl sites for hydroxylation is 4. The van der Waals surface area contributed by atoms with Gasteiger partial charge in [-0.3, -0.25) is 0 Å². The number of aliphatic hydroxyl groups is 1. The van der Waals surface area contributed by atoms with Crippen molar-refractivity contribution >= 4 is 11.3 Å². The van der Waals surface area contributed by atoms with Gasteiger partial charge in [-0.25, -0.2) is 4.98 Å². The third kappa shape index (κ3) is 2.72. The molecule has 0 unspecified atom stereocenters. The van der Waals surface area contributed by atoms with Crippen LogP contribution < -0.4 is 0 Å². The molecule has 0 saturated carbocycles. The van der Waals surface area contributed by atoms with Crippen molar-refractivity contribution < 1.29 is 5.11 Å². The summed E-state index contributed by atoms with van der Waals surface area (Å²) in [7, 11) is 0. The Kier molecular flexibility index (Phi) is 4.38. The van der Waals surface area contributed by atoms with Crippen molar-refractivity contribution in [3.63, 3.8) is 0 Å². The molecular weight excluding hydrogens is 254 g/mol. The van der Waals surface area contributed by atoms with E-state index in [1.807, 2.05) is 6.92 Å². The molecule has 2 aromatic rings. The van der Waals surface area contributed by atoms with Crippen molar-refractivity contribution in [2.24, 2.45) is 0 Å². The largest absolute Gasteiger partial charge is 0.391 e. The molecule has 0 aliphatic carbocycles. The van der Waals surface area contributed by atoms with Gasteiger partial charge in [-0.1, -0.05) is 31.5 Å². The molecule has 0 radical (unpaired) electrons. The number of aliphatic hydroxyl groups excluding tert-OH is 1. The number of rotatable bonds is 4. The minimum Gasteiger partial charge on any atom is -0.391 e. The maximum Gasteiger partial charge on any atom is 0.124 e. The van der Waals surface area contributed by atoms with Gasteiger partial charge in [0.1, 0.15) is 5.01 Å². The van der Waals surface area contributed by atoms with E-state index in [1.165, 1.54) is 22.3 Å². The van der Waals surface area contributed by atoms with Crippen LogP contribution in [0.1, 0.15) is 41.1 Å². The highest BCUT2D eigenvalue weighted by atomic mass is 32.1. The lowest BCUT2D eigenvalue weighted by Crippen LogP contribution is -1.96. The van der Waals surface area contributed by atoms with Gasteiger partial charge >= 0.3 is 0 Å². The molecule has 0 aliphatic rings. The van der Waals surface area contributed by atoms with Crippen molar-refractivity contribution in [1.29, 1.82) is 0 Å². The van der Waals surface area contributed by atoms with E-state index in [4.69, 9.17) is 0 Å². The van der Waals surface area contributed by atoms with E-state index in [9.17, 15) is 5.11 Å². The molecule has 19 heavy (non-hydrogen) atoms. The van der Waals surface area contributed by atoms with Gasteiger partial charge < -0.3 is 5.11 Å². The molecule has 2 rings (SSSR count). The third-order valence-electron chi connectivity index (χ3n) is 3.46. The molecule has 0 spiro atoms. The molecule has 3 heteroatoms. The minimum absolute atomic E-state index is 0.0816. The highest BCUT2D eigenvalue weighted by molar-refractivity contribution is 7.15. The first kappa shape index (κ1) is 14.2. The summed E-state index contributed by atoms with van der Waals surface area (Å²) >= 11 is 1.62. The minimum atomic E-state index is 0.0816. The summed E-state index contributed by atoms with van der Waals surface area (Å²) in [6.45, 7) is 8.57. The van der Waals surface area contributed by atoms with Gasteiger partial charge in [0, 0.05) is 5.56 Å². The van der Waals surface area contributed by atoms with Crippen molar-refractivity contribution in [2.75, 3.05) is 0 Å². The molecule has 0 aliphatic heterocycles. The highest BCUT2D eigenvalue weighted by Crippen LogP contribution is 2.34. The van der Waals surface area contributed by atoms with Crippen LogP contribution in [0.5, 0.6) is 0 Å². The molecule has 1 aromatic heterocycles. The van der Waals surface area contributed by atoms with Crippen LogP contribution in [0.25, 0.3) is 10.6 Å². The highest BCUT2D eigenvalue weighted by Gasteiger charge is 2.15. The second-order valence-corrected chi connectivity index (χ2v) is 5.93. The van der Waals surface area contributed by atoms with E-state index < -0.39 is 0 Å². The van der Waals surface area contributed by atoms with Gasteiger partial charge in [0.15, 0.2) is 0 Å². The van der Waals surface area contributed by atoms with Crippen LogP contribution in [0.15, 0.2) is 12.1 Å². The number of benzene rings is 1. The van der Waals surface area contributed by atoms with Crippen molar-refractivity contribution in [1.82, 2.24) is 4.98 Å². The van der Waals surface area contributed by atoms with E-state index in [0.717, 1.165) is 28.4 Å². The van der Waals surface area contributed by atoms with Gasteiger partial charge in [-0.05, 0) is 37.8 Å². The van der Waals surface area contributed by atoms with Crippen LogP contribution in [-0.2, 0) is 19.4 Å². The normalized spacial score (nSPS) is 11.0. The van der Waals surface area contributed by atoms with Crippen LogP contribution in [0, 0.1) is 13.8 Å². The number of aromatic nitrogens is 1. The van der Waals surface area contributed by atoms with Gasteiger partial charge in [0.05, 0.1) is 17.2 Å². The molecule has 0 saturated heterocycles. The summed E-state index contributed by atoms with van der Waals surface area (Å²) in [6, 6.07) is 4.51. The van der Waals surface area contributed by atoms with Crippen molar-refractivity contribution in [3.05, 3.63) is 39.4 Å². The summed E-state index contributed by atoms with van der Waals surface area (Å²) < 4.78 is 0. The SMILES string of the molecule is CCc1cc(C)cc(CC)c1-c1nc(C)c(CO)s1. The fourth-order valence-electron chi connectivity index (χ4n) is 2.46. The Hall–Kier alpha value is -1.19. The van der Waals surface area contributed by atoms with E-state index in [-0.39, 0.29) is 6.61 Å². The fraction of sp³-hybridized carbons (Fsp3) is 0.438. The molecule has 0 amide bonds. The van der Waals surface area contributed by atoms with Crippen LogP contribution in [0.4, 0.5) is 0 Å². The van der Waals surface area contributed by atoms with E-state index in [1.54, 1.807) is 11.3 Å². The monoisotopic (exact) mass is 275 g/mol. The van der Waals surface area contributed by atoms with Gasteiger partial charge in [-0.2, -0.15) is 0 Å². The Morgan fingerprint density at radius 1 is 1.11 bits per heavy atom.